The molecule has 0 amide bonds. The number of aryl methyl sites for hydroxylation is 1. The molecule has 0 aliphatic rings. The van der Waals surface area contributed by atoms with E-state index < -0.39 is 0 Å². The van der Waals surface area contributed by atoms with Crippen molar-refractivity contribution in [3.63, 3.8) is 0 Å². The summed E-state index contributed by atoms with van der Waals surface area (Å²) in [7, 11) is 2.00. The van der Waals surface area contributed by atoms with Gasteiger partial charge in [0.05, 0.1) is 24.3 Å². The molecule has 0 bridgehead atoms. The highest BCUT2D eigenvalue weighted by Gasteiger charge is 2.09. The Bertz CT molecular complexity index is 464. The highest BCUT2D eigenvalue weighted by atomic mass is 16.5. The Balaban J connectivity index is 2.52. The molecule has 0 aliphatic carbocycles. The SMILES string of the molecule is CCN(C)/C=N/c1ccc(OCCCC(C)(C)C)nc1C. The smallest absolute Gasteiger partial charge is 0.213 e. The van der Waals surface area contributed by atoms with Crippen LogP contribution in [0.2, 0.25) is 0 Å². The van der Waals surface area contributed by atoms with E-state index in [4.69, 9.17) is 4.74 Å². The molecule has 0 aromatic carbocycles. The maximum absolute atomic E-state index is 5.71. The van der Waals surface area contributed by atoms with Gasteiger partial charge in [0.15, 0.2) is 0 Å². The lowest BCUT2D eigenvalue weighted by Gasteiger charge is -2.17. The molecule has 1 aromatic heterocycles. The van der Waals surface area contributed by atoms with Crippen LogP contribution in [-0.4, -0.2) is 36.4 Å². The number of hydrogen-bond acceptors (Lipinski definition) is 3. The van der Waals surface area contributed by atoms with E-state index in [0.717, 1.165) is 30.8 Å². The van der Waals surface area contributed by atoms with Crippen molar-refractivity contribution in [3.05, 3.63) is 17.8 Å². The zero-order valence-corrected chi connectivity index (χ0v) is 14.3. The van der Waals surface area contributed by atoms with Gasteiger partial charge in [0, 0.05) is 19.7 Å². The van der Waals surface area contributed by atoms with Crippen LogP contribution in [0, 0.1) is 12.3 Å². The van der Waals surface area contributed by atoms with Gasteiger partial charge in [0.2, 0.25) is 5.88 Å². The molecule has 118 valence electrons. The molecule has 0 fully saturated rings. The van der Waals surface area contributed by atoms with Crippen molar-refractivity contribution in [2.24, 2.45) is 10.4 Å². The Hall–Kier alpha value is -1.58. The minimum Gasteiger partial charge on any atom is -0.478 e. The van der Waals surface area contributed by atoms with Crippen LogP contribution in [0.25, 0.3) is 0 Å². The first-order valence-electron chi connectivity index (χ1n) is 7.66. The summed E-state index contributed by atoms with van der Waals surface area (Å²) in [6.45, 7) is 12.4. The van der Waals surface area contributed by atoms with Crippen molar-refractivity contribution < 1.29 is 4.74 Å². The maximum Gasteiger partial charge on any atom is 0.213 e. The van der Waals surface area contributed by atoms with Crippen molar-refractivity contribution in [1.29, 1.82) is 0 Å². The van der Waals surface area contributed by atoms with Crippen LogP contribution in [0.1, 0.15) is 46.2 Å². The number of rotatable bonds is 7. The highest BCUT2D eigenvalue weighted by Crippen LogP contribution is 2.22. The largest absolute Gasteiger partial charge is 0.478 e. The monoisotopic (exact) mass is 291 g/mol. The van der Waals surface area contributed by atoms with Crippen molar-refractivity contribution in [1.82, 2.24) is 9.88 Å². The fraction of sp³-hybridized carbons (Fsp3) is 0.647. The van der Waals surface area contributed by atoms with E-state index in [1.54, 1.807) is 0 Å². The molecule has 1 heterocycles. The average Bonchev–Trinajstić information content (AvgIpc) is 2.41. The van der Waals surface area contributed by atoms with Crippen LogP contribution in [0.3, 0.4) is 0 Å². The van der Waals surface area contributed by atoms with Gasteiger partial charge in [-0.3, -0.25) is 0 Å². The first-order valence-corrected chi connectivity index (χ1v) is 7.66. The Morgan fingerprint density at radius 3 is 2.62 bits per heavy atom. The molecule has 21 heavy (non-hydrogen) atoms. The first kappa shape index (κ1) is 17.5. The molecule has 0 unspecified atom stereocenters. The van der Waals surface area contributed by atoms with Crippen molar-refractivity contribution in [2.45, 2.75) is 47.5 Å². The topological polar surface area (TPSA) is 37.7 Å². The molecule has 0 saturated heterocycles. The van der Waals surface area contributed by atoms with Gasteiger partial charge in [0.25, 0.3) is 0 Å². The number of nitrogens with zero attached hydrogens (tertiary/aromatic N) is 3. The second kappa shape index (κ2) is 8.01. The van der Waals surface area contributed by atoms with Crippen molar-refractivity contribution in [3.8, 4) is 5.88 Å². The second-order valence-electron chi connectivity index (χ2n) is 6.58. The summed E-state index contributed by atoms with van der Waals surface area (Å²) >= 11 is 0. The van der Waals surface area contributed by atoms with Gasteiger partial charge in [0.1, 0.15) is 0 Å². The van der Waals surface area contributed by atoms with E-state index in [2.05, 4.69) is 37.7 Å². The third-order valence-electron chi connectivity index (χ3n) is 3.25. The molecule has 0 N–H and O–H groups in total. The average molecular weight is 291 g/mol. The molecule has 0 aliphatic heterocycles. The van der Waals surface area contributed by atoms with Gasteiger partial charge in [-0.2, -0.15) is 0 Å². The maximum atomic E-state index is 5.71. The second-order valence-corrected chi connectivity index (χ2v) is 6.58. The first-order chi connectivity index (χ1) is 9.81. The van der Waals surface area contributed by atoms with Gasteiger partial charge in [-0.15, -0.1) is 0 Å². The van der Waals surface area contributed by atoms with Crippen LogP contribution in [0.4, 0.5) is 5.69 Å². The predicted molar refractivity (Wildman–Crippen MR) is 89.6 cm³/mol. The number of hydrogen-bond donors (Lipinski definition) is 0. The molecule has 0 saturated carbocycles. The lowest BCUT2D eigenvalue weighted by molar-refractivity contribution is 0.261. The van der Waals surface area contributed by atoms with E-state index in [0.29, 0.717) is 17.9 Å². The number of aromatic nitrogens is 1. The standard InChI is InChI=1S/C17H29N3O/c1-7-20(6)13-18-15-9-10-16(19-14(15)2)21-12-8-11-17(3,4)5/h9-10,13H,7-8,11-12H2,1-6H3/b18-13+. The molecule has 0 spiro atoms. The molecule has 4 nitrogen and oxygen atoms in total. The third kappa shape index (κ3) is 7.11. The molecular weight excluding hydrogens is 262 g/mol. The normalized spacial score (nSPS) is 11.9. The van der Waals surface area contributed by atoms with E-state index in [1.807, 2.05) is 37.3 Å². The minimum absolute atomic E-state index is 0.358. The molecule has 1 aromatic rings. The van der Waals surface area contributed by atoms with Crippen LogP contribution < -0.4 is 4.74 Å². The predicted octanol–water partition coefficient (Wildman–Crippen LogP) is 4.21. The lowest BCUT2D eigenvalue weighted by Crippen LogP contribution is -2.14. The Morgan fingerprint density at radius 1 is 1.33 bits per heavy atom. The van der Waals surface area contributed by atoms with E-state index in [1.165, 1.54) is 0 Å². The highest BCUT2D eigenvalue weighted by molar-refractivity contribution is 5.62. The van der Waals surface area contributed by atoms with Crippen molar-refractivity contribution >= 4 is 12.0 Å². The van der Waals surface area contributed by atoms with Gasteiger partial charge in [-0.05, 0) is 38.2 Å². The molecule has 0 atom stereocenters. The third-order valence-corrected chi connectivity index (χ3v) is 3.25. The van der Waals surface area contributed by atoms with Gasteiger partial charge < -0.3 is 9.64 Å². The van der Waals surface area contributed by atoms with Gasteiger partial charge >= 0.3 is 0 Å². The molecule has 4 heteroatoms. The summed E-state index contributed by atoms with van der Waals surface area (Å²) in [5.41, 5.74) is 2.14. The summed E-state index contributed by atoms with van der Waals surface area (Å²) in [4.78, 5) is 10.9. The summed E-state index contributed by atoms with van der Waals surface area (Å²) in [6, 6.07) is 3.85. The van der Waals surface area contributed by atoms with E-state index >= 15 is 0 Å². The molecular formula is C17H29N3O. The van der Waals surface area contributed by atoms with Crippen LogP contribution in [0.15, 0.2) is 17.1 Å². The zero-order chi connectivity index (χ0) is 15.9. The summed E-state index contributed by atoms with van der Waals surface area (Å²) in [5.74, 6) is 0.684. The quantitative estimate of drug-likeness (QED) is 0.429. The van der Waals surface area contributed by atoms with Crippen LogP contribution in [0.5, 0.6) is 5.88 Å². The van der Waals surface area contributed by atoms with E-state index in [-0.39, 0.29) is 0 Å². The summed E-state index contributed by atoms with van der Waals surface area (Å²) < 4.78 is 5.71. The number of aliphatic imine (C=N–C) groups is 1. The van der Waals surface area contributed by atoms with Crippen LogP contribution in [-0.2, 0) is 0 Å². The summed E-state index contributed by atoms with van der Waals surface area (Å²) in [6.07, 6.45) is 4.02. The lowest BCUT2D eigenvalue weighted by atomic mass is 9.91. The van der Waals surface area contributed by atoms with Crippen molar-refractivity contribution in [2.75, 3.05) is 20.2 Å². The Labute approximate surface area is 129 Å². The fourth-order valence-electron chi connectivity index (χ4n) is 1.77. The fourth-order valence-corrected chi connectivity index (χ4v) is 1.77. The Kier molecular flexibility index (Phi) is 6.66. The Morgan fingerprint density at radius 2 is 2.05 bits per heavy atom. The number of ether oxygens (including phenoxy) is 1. The van der Waals surface area contributed by atoms with Crippen LogP contribution >= 0.6 is 0 Å². The summed E-state index contributed by atoms with van der Waals surface area (Å²) in [5, 5.41) is 0. The van der Waals surface area contributed by atoms with Gasteiger partial charge in [-0.1, -0.05) is 20.8 Å². The molecule has 1 rings (SSSR count). The van der Waals surface area contributed by atoms with Gasteiger partial charge in [-0.25, -0.2) is 9.98 Å². The minimum atomic E-state index is 0.358. The van der Waals surface area contributed by atoms with E-state index in [9.17, 15) is 0 Å². The molecule has 0 radical (unpaired) electrons. The number of pyridine rings is 1. The zero-order valence-electron chi connectivity index (χ0n) is 14.3.